The number of fused-ring (bicyclic) bond motifs is 1. The third-order valence-electron chi connectivity index (χ3n) is 1.47. The Hall–Kier alpha value is -1.51. The first kappa shape index (κ1) is 5.29. The molecule has 0 spiro atoms. The summed E-state index contributed by atoms with van der Waals surface area (Å²) in [6, 6.07) is 1.84. The number of H-pyrrole nitrogens is 1. The smallest absolute Gasteiger partial charge is 0.197 e. The van der Waals surface area contributed by atoms with E-state index in [1.54, 1.807) is 18.6 Å². The molecule has 2 aromatic rings. The number of pyridine rings is 1. The van der Waals surface area contributed by atoms with Crippen molar-refractivity contribution in [1.82, 2.24) is 9.97 Å². The fraction of sp³-hybridized carbons (Fsp3) is 0. The second-order valence-electron chi connectivity index (χ2n) is 2.10. The lowest BCUT2D eigenvalue weighted by Crippen LogP contribution is -1.67. The zero-order chi connectivity index (χ0) is 6.97. The third-order valence-corrected chi connectivity index (χ3v) is 1.47. The van der Waals surface area contributed by atoms with E-state index in [9.17, 15) is 0 Å². The van der Waals surface area contributed by atoms with Crippen LogP contribution in [0.4, 0.5) is 0 Å². The Morgan fingerprint density at radius 2 is 2.40 bits per heavy atom. The number of hydrogen-bond donors (Lipinski definition) is 2. The lowest BCUT2D eigenvalue weighted by Gasteiger charge is -1.85. The summed E-state index contributed by atoms with van der Waals surface area (Å²) in [5, 5.41) is 10.9. The van der Waals surface area contributed by atoms with Crippen LogP contribution in [0.15, 0.2) is 24.7 Å². The Balaban J connectivity index is 2.93. The van der Waals surface area contributed by atoms with Gasteiger partial charge >= 0.3 is 0 Å². The van der Waals surface area contributed by atoms with Crippen molar-refractivity contribution in [3.8, 4) is 5.88 Å². The number of aromatic hydroxyl groups is 1. The first-order chi connectivity index (χ1) is 4.88. The highest BCUT2D eigenvalue weighted by Crippen LogP contribution is 2.20. The number of aromatic nitrogens is 2. The van der Waals surface area contributed by atoms with E-state index in [0.29, 0.717) is 0 Å². The maximum absolute atomic E-state index is 9.12. The Morgan fingerprint density at radius 3 is 3.20 bits per heavy atom. The SMILES string of the molecule is Oc1[nH]cc2ccncc12. The molecule has 0 bridgehead atoms. The highest BCUT2D eigenvalue weighted by atomic mass is 16.3. The van der Waals surface area contributed by atoms with Crippen LogP contribution < -0.4 is 0 Å². The maximum atomic E-state index is 9.12. The molecule has 0 aromatic carbocycles. The first-order valence-corrected chi connectivity index (χ1v) is 2.98. The molecule has 2 N–H and O–H groups in total. The van der Waals surface area contributed by atoms with Crippen LogP contribution in [-0.4, -0.2) is 15.1 Å². The number of aromatic amines is 1. The van der Waals surface area contributed by atoms with Gasteiger partial charge in [0, 0.05) is 24.0 Å². The molecule has 0 radical (unpaired) electrons. The standard InChI is InChI=1S/C7H6N2O/c10-7-6-4-8-2-1-5(6)3-9-7/h1-4,9-10H. The van der Waals surface area contributed by atoms with Gasteiger partial charge in [-0.1, -0.05) is 0 Å². The van der Waals surface area contributed by atoms with E-state index in [1.807, 2.05) is 6.07 Å². The molecule has 0 atom stereocenters. The quantitative estimate of drug-likeness (QED) is 0.570. The minimum absolute atomic E-state index is 0.183. The average Bonchev–Trinajstić information content (AvgIpc) is 2.34. The van der Waals surface area contributed by atoms with Gasteiger partial charge in [0.2, 0.25) is 0 Å². The van der Waals surface area contributed by atoms with Crippen LogP contribution in [0.2, 0.25) is 0 Å². The van der Waals surface area contributed by atoms with Gasteiger partial charge in [-0.05, 0) is 6.07 Å². The number of nitrogens with one attached hydrogen (secondary N) is 1. The summed E-state index contributed by atoms with van der Waals surface area (Å²) < 4.78 is 0. The normalized spacial score (nSPS) is 10.4. The second kappa shape index (κ2) is 1.73. The number of nitrogens with zero attached hydrogens (tertiary/aromatic N) is 1. The monoisotopic (exact) mass is 134 g/mol. The van der Waals surface area contributed by atoms with Crippen LogP contribution in [0.25, 0.3) is 10.8 Å². The van der Waals surface area contributed by atoms with Crippen LogP contribution in [-0.2, 0) is 0 Å². The lowest BCUT2D eigenvalue weighted by molar-refractivity contribution is 0.462. The van der Waals surface area contributed by atoms with Crippen molar-refractivity contribution in [2.24, 2.45) is 0 Å². The largest absolute Gasteiger partial charge is 0.494 e. The van der Waals surface area contributed by atoms with Crippen LogP contribution in [0, 0.1) is 0 Å². The molecule has 2 heterocycles. The molecule has 3 heteroatoms. The Kier molecular flexibility index (Phi) is 0.917. The minimum atomic E-state index is 0.183. The molecular formula is C7H6N2O. The van der Waals surface area contributed by atoms with Gasteiger partial charge in [0.05, 0.1) is 5.39 Å². The van der Waals surface area contributed by atoms with Crippen LogP contribution in [0.1, 0.15) is 0 Å². The number of hydrogen-bond acceptors (Lipinski definition) is 2. The van der Waals surface area contributed by atoms with Crippen molar-refractivity contribution in [3.05, 3.63) is 24.7 Å². The third kappa shape index (κ3) is 0.572. The maximum Gasteiger partial charge on any atom is 0.197 e. The average molecular weight is 134 g/mol. The summed E-state index contributed by atoms with van der Waals surface area (Å²) in [4.78, 5) is 6.56. The molecule has 0 unspecified atom stereocenters. The topological polar surface area (TPSA) is 48.9 Å². The van der Waals surface area contributed by atoms with E-state index in [1.165, 1.54) is 0 Å². The van der Waals surface area contributed by atoms with Crippen LogP contribution in [0.3, 0.4) is 0 Å². The van der Waals surface area contributed by atoms with Gasteiger partial charge in [-0.3, -0.25) is 4.98 Å². The Labute approximate surface area is 57.3 Å². The zero-order valence-corrected chi connectivity index (χ0v) is 5.20. The predicted octanol–water partition coefficient (Wildman–Crippen LogP) is 1.27. The fourth-order valence-corrected chi connectivity index (χ4v) is 0.953. The summed E-state index contributed by atoms with van der Waals surface area (Å²) >= 11 is 0. The molecule has 0 fully saturated rings. The van der Waals surface area contributed by atoms with Crippen molar-refractivity contribution >= 4 is 10.8 Å². The Morgan fingerprint density at radius 1 is 1.50 bits per heavy atom. The van der Waals surface area contributed by atoms with Gasteiger partial charge < -0.3 is 10.1 Å². The van der Waals surface area contributed by atoms with Gasteiger partial charge in [-0.2, -0.15) is 0 Å². The highest BCUT2D eigenvalue weighted by Gasteiger charge is 1.98. The zero-order valence-electron chi connectivity index (χ0n) is 5.20. The van der Waals surface area contributed by atoms with Crippen molar-refractivity contribution in [1.29, 1.82) is 0 Å². The predicted molar refractivity (Wildman–Crippen MR) is 37.8 cm³/mol. The summed E-state index contributed by atoms with van der Waals surface area (Å²) in [5.41, 5.74) is 0. The molecular weight excluding hydrogens is 128 g/mol. The van der Waals surface area contributed by atoms with Crippen LogP contribution in [0.5, 0.6) is 5.88 Å². The van der Waals surface area contributed by atoms with E-state index in [2.05, 4.69) is 9.97 Å². The van der Waals surface area contributed by atoms with Crippen molar-refractivity contribution in [2.45, 2.75) is 0 Å². The van der Waals surface area contributed by atoms with E-state index in [0.717, 1.165) is 10.8 Å². The molecule has 2 rings (SSSR count). The summed E-state index contributed by atoms with van der Waals surface area (Å²) in [7, 11) is 0. The van der Waals surface area contributed by atoms with E-state index >= 15 is 0 Å². The fourth-order valence-electron chi connectivity index (χ4n) is 0.953. The van der Waals surface area contributed by atoms with E-state index in [-0.39, 0.29) is 5.88 Å². The van der Waals surface area contributed by atoms with Gasteiger partial charge in [-0.15, -0.1) is 0 Å². The van der Waals surface area contributed by atoms with Crippen molar-refractivity contribution < 1.29 is 5.11 Å². The molecule has 0 saturated heterocycles. The molecule has 2 aromatic heterocycles. The van der Waals surface area contributed by atoms with Crippen LogP contribution >= 0.6 is 0 Å². The summed E-state index contributed by atoms with van der Waals surface area (Å²) in [6.07, 6.45) is 5.06. The van der Waals surface area contributed by atoms with Crippen molar-refractivity contribution in [3.63, 3.8) is 0 Å². The van der Waals surface area contributed by atoms with E-state index < -0.39 is 0 Å². The summed E-state index contributed by atoms with van der Waals surface area (Å²) in [6.45, 7) is 0. The second-order valence-corrected chi connectivity index (χ2v) is 2.10. The molecule has 0 aliphatic carbocycles. The molecule has 10 heavy (non-hydrogen) atoms. The van der Waals surface area contributed by atoms with E-state index in [4.69, 9.17) is 5.11 Å². The minimum Gasteiger partial charge on any atom is -0.494 e. The molecule has 0 aliphatic rings. The highest BCUT2D eigenvalue weighted by molar-refractivity contribution is 5.86. The molecule has 50 valence electrons. The van der Waals surface area contributed by atoms with Gasteiger partial charge in [-0.25, -0.2) is 0 Å². The van der Waals surface area contributed by atoms with Gasteiger partial charge in [0.25, 0.3) is 0 Å². The molecule has 0 amide bonds. The Bertz CT molecular complexity index is 353. The summed E-state index contributed by atoms with van der Waals surface area (Å²) in [5.74, 6) is 0.183. The van der Waals surface area contributed by atoms with Gasteiger partial charge in [0.15, 0.2) is 5.88 Å². The number of rotatable bonds is 0. The lowest BCUT2D eigenvalue weighted by atomic mass is 10.3. The van der Waals surface area contributed by atoms with Crippen molar-refractivity contribution in [2.75, 3.05) is 0 Å². The molecule has 0 saturated carbocycles. The van der Waals surface area contributed by atoms with Gasteiger partial charge in [0.1, 0.15) is 0 Å². The molecule has 3 nitrogen and oxygen atoms in total. The molecule has 0 aliphatic heterocycles. The first-order valence-electron chi connectivity index (χ1n) is 2.98.